The van der Waals surface area contributed by atoms with E-state index in [4.69, 9.17) is 5.73 Å². The quantitative estimate of drug-likeness (QED) is 0.919. The summed E-state index contributed by atoms with van der Waals surface area (Å²) in [5.41, 5.74) is 7.16. The van der Waals surface area contributed by atoms with Gasteiger partial charge in [0.15, 0.2) is 0 Å². The first-order valence-corrected chi connectivity index (χ1v) is 8.07. The van der Waals surface area contributed by atoms with Crippen molar-refractivity contribution in [2.24, 2.45) is 5.73 Å². The van der Waals surface area contributed by atoms with E-state index in [1.165, 1.54) is 5.56 Å². The summed E-state index contributed by atoms with van der Waals surface area (Å²) in [4.78, 5) is 14.4. The lowest BCUT2D eigenvalue weighted by molar-refractivity contribution is -0.134. The summed E-state index contributed by atoms with van der Waals surface area (Å²) in [5, 5.41) is 0. The zero-order valence-electron chi connectivity index (χ0n) is 12.2. The Labute approximate surface area is 129 Å². The highest BCUT2D eigenvalue weighted by atomic mass is 79.9. The summed E-state index contributed by atoms with van der Waals surface area (Å²) in [6.45, 7) is 5.01. The Morgan fingerprint density at radius 3 is 2.70 bits per heavy atom. The van der Waals surface area contributed by atoms with Gasteiger partial charge in [-0.3, -0.25) is 4.79 Å². The van der Waals surface area contributed by atoms with E-state index in [-0.39, 0.29) is 23.9 Å². The van der Waals surface area contributed by atoms with Crippen molar-refractivity contribution < 1.29 is 4.79 Å². The van der Waals surface area contributed by atoms with Gasteiger partial charge in [0, 0.05) is 29.5 Å². The molecule has 0 aromatic heterocycles. The molecule has 1 aromatic carbocycles. The fraction of sp³-hybridized carbons (Fsp3) is 0.562. The van der Waals surface area contributed by atoms with Crippen LogP contribution in [0.3, 0.4) is 0 Å². The Bertz CT molecular complexity index is 460. The van der Waals surface area contributed by atoms with Crippen LogP contribution in [0.2, 0.25) is 0 Å². The molecule has 2 rings (SSSR count). The molecule has 1 amide bonds. The normalized spacial score (nSPS) is 24.5. The molecular formula is C16H23BrN2O. The van der Waals surface area contributed by atoms with Gasteiger partial charge in [0.1, 0.15) is 0 Å². The molecule has 3 nitrogen and oxygen atoms in total. The number of rotatable bonds is 3. The van der Waals surface area contributed by atoms with Gasteiger partial charge in [-0.1, -0.05) is 35.0 Å². The Kier molecular flexibility index (Phi) is 5.22. The number of hydrogen-bond donors (Lipinski definition) is 1. The van der Waals surface area contributed by atoms with E-state index < -0.39 is 0 Å². The van der Waals surface area contributed by atoms with Crippen LogP contribution in [-0.4, -0.2) is 29.4 Å². The third-order valence-electron chi connectivity index (χ3n) is 4.16. The van der Waals surface area contributed by atoms with E-state index in [9.17, 15) is 4.79 Å². The summed E-state index contributed by atoms with van der Waals surface area (Å²) < 4.78 is 1.07. The van der Waals surface area contributed by atoms with E-state index in [0.29, 0.717) is 6.42 Å². The summed E-state index contributed by atoms with van der Waals surface area (Å²) in [6, 6.07) is 8.73. The van der Waals surface area contributed by atoms with Crippen molar-refractivity contribution in [3.05, 3.63) is 34.3 Å². The zero-order valence-corrected chi connectivity index (χ0v) is 13.8. The van der Waals surface area contributed by atoms with Gasteiger partial charge in [-0.15, -0.1) is 0 Å². The van der Waals surface area contributed by atoms with Crippen LogP contribution in [0.4, 0.5) is 0 Å². The molecule has 4 heteroatoms. The molecule has 0 radical (unpaired) electrons. The largest absolute Gasteiger partial charge is 0.340 e. The summed E-state index contributed by atoms with van der Waals surface area (Å²) in [7, 11) is 0. The predicted molar refractivity (Wildman–Crippen MR) is 85.6 cm³/mol. The molecule has 0 spiro atoms. The molecule has 1 aromatic rings. The van der Waals surface area contributed by atoms with Gasteiger partial charge in [0.25, 0.3) is 0 Å². The molecular weight excluding hydrogens is 316 g/mol. The number of nitrogens with two attached hydrogens (primary N) is 1. The fourth-order valence-corrected chi connectivity index (χ4v) is 3.13. The second-order valence-corrected chi connectivity index (χ2v) is 6.79. The Morgan fingerprint density at radius 1 is 1.45 bits per heavy atom. The molecule has 20 heavy (non-hydrogen) atoms. The van der Waals surface area contributed by atoms with Gasteiger partial charge in [0.2, 0.25) is 5.91 Å². The van der Waals surface area contributed by atoms with Gasteiger partial charge in [-0.25, -0.2) is 0 Å². The van der Waals surface area contributed by atoms with E-state index in [2.05, 4.69) is 41.9 Å². The first-order valence-electron chi connectivity index (χ1n) is 7.28. The maximum atomic E-state index is 12.4. The maximum absolute atomic E-state index is 12.4. The van der Waals surface area contributed by atoms with Crippen LogP contribution in [0, 0.1) is 0 Å². The lowest BCUT2D eigenvalue weighted by Crippen LogP contribution is -2.48. The Balaban J connectivity index is 1.95. The van der Waals surface area contributed by atoms with Crippen LogP contribution < -0.4 is 5.73 Å². The molecule has 1 fully saturated rings. The summed E-state index contributed by atoms with van der Waals surface area (Å²) in [6.07, 6.45) is 2.41. The molecule has 0 saturated carbocycles. The average Bonchev–Trinajstić information content (AvgIpc) is 2.39. The van der Waals surface area contributed by atoms with Gasteiger partial charge in [0.05, 0.1) is 0 Å². The molecule has 1 aliphatic heterocycles. The number of likely N-dealkylation sites (tertiary alicyclic amines) is 1. The smallest absolute Gasteiger partial charge is 0.223 e. The number of hydrogen-bond acceptors (Lipinski definition) is 2. The number of nitrogens with zero attached hydrogens (tertiary/aromatic N) is 1. The molecule has 3 unspecified atom stereocenters. The van der Waals surface area contributed by atoms with Gasteiger partial charge in [-0.05, 0) is 43.4 Å². The maximum Gasteiger partial charge on any atom is 0.223 e. The zero-order chi connectivity index (χ0) is 14.7. The lowest BCUT2D eigenvalue weighted by Gasteiger charge is -2.37. The van der Waals surface area contributed by atoms with Crippen molar-refractivity contribution in [3.8, 4) is 0 Å². The van der Waals surface area contributed by atoms with E-state index in [1.54, 1.807) is 0 Å². The number of carbonyl (C=O) groups is 1. The van der Waals surface area contributed by atoms with E-state index >= 15 is 0 Å². The number of piperidine rings is 1. The Morgan fingerprint density at radius 2 is 2.10 bits per heavy atom. The van der Waals surface area contributed by atoms with Crippen molar-refractivity contribution in [1.29, 1.82) is 0 Å². The molecule has 0 bridgehead atoms. The minimum absolute atomic E-state index is 0.248. The van der Waals surface area contributed by atoms with Crippen molar-refractivity contribution in [2.75, 3.05) is 6.54 Å². The van der Waals surface area contributed by atoms with Crippen molar-refractivity contribution in [2.45, 2.75) is 51.1 Å². The number of benzene rings is 1. The summed E-state index contributed by atoms with van der Waals surface area (Å²) in [5.74, 6) is 0.498. The summed E-state index contributed by atoms with van der Waals surface area (Å²) >= 11 is 3.43. The van der Waals surface area contributed by atoms with Crippen LogP contribution >= 0.6 is 15.9 Å². The number of amides is 1. The van der Waals surface area contributed by atoms with Crippen LogP contribution in [0.15, 0.2) is 28.7 Å². The Hall–Kier alpha value is -0.870. The highest BCUT2D eigenvalue weighted by molar-refractivity contribution is 9.10. The molecule has 1 aliphatic rings. The predicted octanol–water partition coefficient (Wildman–Crippen LogP) is 3.28. The monoisotopic (exact) mass is 338 g/mol. The SMILES string of the molecule is CC(CC(=O)N1CCC(N)CC1C)c1ccc(Br)cc1. The van der Waals surface area contributed by atoms with Crippen molar-refractivity contribution in [3.63, 3.8) is 0 Å². The molecule has 1 saturated heterocycles. The van der Waals surface area contributed by atoms with Gasteiger partial charge < -0.3 is 10.6 Å². The van der Waals surface area contributed by atoms with Crippen molar-refractivity contribution in [1.82, 2.24) is 4.90 Å². The minimum atomic E-state index is 0.248. The van der Waals surface area contributed by atoms with E-state index in [1.807, 2.05) is 17.0 Å². The third-order valence-corrected chi connectivity index (χ3v) is 4.69. The highest BCUT2D eigenvalue weighted by Gasteiger charge is 2.27. The second-order valence-electron chi connectivity index (χ2n) is 5.88. The first kappa shape index (κ1) is 15.5. The first-order chi connectivity index (χ1) is 9.47. The molecule has 2 N–H and O–H groups in total. The van der Waals surface area contributed by atoms with Crippen LogP contribution in [0.5, 0.6) is 0 Å². The van der Waals surface area contributed by atoms with Gasteiger partial charge in [-0.2, -0.15) is 0 Å². The standard InChI is InChI=1S/C16H23BrN2O/c1-11(13-3-5-14(17)6-4-13)9-16(20)19-8-7-15(18)10-12(19)2/h3-6,11-12,15H,7-10,18H2,1-2H3. The topological polar surface area (TPSA) is 46.3 Å². The number of halogens is 1. The fourth-order valence-electron chi connectivity index (χ4n) is 2.87. The van der Waals surface area contributed by atoms with Crippen molar-refractivity contribution >= 4 is 21.8 Å². The molecule has 110 valence electrons. The van der Waals surface area contributed by atoms with Crippen LogP contribution in [0.1, 0.15) is 44.6 Å². The van der Waals surface area contributed by atoms with Crippen LogP contribution in [0.25, 0.3) is 0 Å². The van der Waals surface area contributed by atoms with E-state index in [0.717, 1.165) is 23.9 Å². The second kappa shape index (κ2) is 6.72. The van der Waals surface area contributed by atoms with Gasteiger partial charge >= 0.3 is 0 Å². The lowest BCUT2D eigenvalue weighted by atomic mass is 9.94. The average molecular weight is 339 g/mol. The highest BCUT2D eigenvalue weighted by Crippen LogP contribution is 2.24. The van der Waals surface area contributed by atoms with Crippen LogP contribution in [-0.2, 0) is 4.79 Å². The molecule has 1 heterocycles. The molecule has 0 aliphatic carbocycles. The molecule has 3 atom stereocenters. The minimum Gasteiger partial charge on any atom is -0.340 e. The third kappa shape index (κ3) is 3.83. The number of carbonyl (C=O) groups excluding carboxylic acids is 1.